The number of benzene rings is 1. The van der Waals surface area contributed by atoms with E-state index in [1.165, 1.54) is 37.3 Å². The van der Waals surface area contributed by atoms with Crippen molar-refractivity contribution in [2.75, 3.05) is 0 Å². The zero-order valence-corrected chi connectivity index (χ0v) is 10.3. The normalized spacial score (nSPS) is 21.7. The summed E-state index contributed by atoms with van der Waals surface area (Å²) in [5.74, 6) is -2.47. The molecular formula is C13H9FO3S. The van der Waals surface area contributed by atoms with Gasteiger partial charge in [-0.2, -0.15) is 0 Å². The van der Waals surface area contributed by atoms with Gasteiger partial charge in [0.1, 0.15) is 11.6 Å². The van der Waals surface area contributed by atoms with Crippen molar-refractivity contribution in [2.24, 2.45) is 5.92 Å². The minimum atomic E-state index is -1.18. The van der Waals surface area contributed by atoms with E-state index in [2.05, 4.69) is 0 Å². The van der Waals surface area contributed by atoms with Crippen LogP contribution in [0, 0.1) is 11.7 Å². The smallest absolute Gasteiger partial charge is 0.212 e. The maximum absolute atomic E-state index is 12.7. The summed E-state index contributed by atoms with van der Waals surface area (Å²) in [7, 11) is 0. The fourth-order valence-electron chi connectivity index (χ4n) is 1.63. The number of hydrogen-bond acceptors (Lipinski definition) is 4. The predicted molar refractivity (Wildman–Crippen MR) is 66.2 cm³/mol. The Labute approximate surface area is 107 Å². The van der Waals surface area contributed by atoms with Crippen LogP contribution in [0.5, 0.6) is 0 Å². The summed E-state index contributed by atoms with van der Waals surface area (Å²) in [5, 5.41) is -0.444. The number of ketones is 2. The van der Waals surface area contributed by atoms with Crippen LogP contribution in [0.4, 0.5) is 4.39 Å². The zero-order chi connectivity index (χ0) is 13.3. The van der Waals surface area contributed by atoms with Crippen LogP contribution in [0.15, 0.2) is 29.2 Å². The van der Waals surface area contributed by atoms with E-state index in [1.54, 1.807) is 0 Å². The van der Waals surface area contributed by atoms with Crippen molar-refractivity contribution in [3.63, 3.8) is 0 Å². The van der Waals surface area contributed by atoms with Crippen LogP contribution in [0.1, 0.15) is 12.5 Å². The van der Waals surface area contributed by atoms with Crippen LogP contribution in [0.2, 0.25) is 0 Å². The van der Waals surface area contributed by atoms with Gasteiger partial charge in [-0.15, -0.1) is 0 Å². The van der Waals surface area contributed by atoms with Crippen LogP contribution in [-0.4, -0.2) is 16.7 Å². The first-order valence-electron chi connectivity index (χ1n) is 5.22. The molecule has 1 atom stereocenters. The lowest BCUT2D eigenvalue weighted by atomic mass is 10.0. The molecule has 1 unspecified atom stereocenters. The van der Waals surface area contributed by atoms with E-state index in [9.17, 15) is 18.8 Å². The van der Waals surface area contributed by atoms with Gasteiger partial charge in [0.25, 0.3) is 0 Å². The van der Waals surface area contributed by atoms with Gasteiger partial charge in [0, 0.05) is 0 Å². The molecule has 2 rings (SSSR count). The number of allylic oxidation sites excluding steroid dienone is 1. The molecule has 0 aliphatic carbocycles. The Morgan fingerprint density at radius 3 is 2.39 bits per heavy atom. The van der Waals surface area contributed by atoms with Crippen LogP contribution in [-0.2, 0) is 14.4 Å². The van der Waals surface area contributed by atoms with Crippen molar-refractivity contribution in [1.82, 2.24) is 0 Å². The highest BCUT2D eigenvalue weighted by Crippen LogP contribution is 2.35. The maximum Gasteiger partial charge on any atom is 0.212 e. The van der Waals surface area contributed by atoms with Gasteiger partial charge in [-0.05, 0) is 42.5 Å². The molecule has 0 amide bonds. The van der Waals surface area contributed by atoms with Gasteiger partial charge in [-0.1, -0.05) is 12.1 Å². The van der Waals surface area contributed by atoms with Crippen molar-refractivity contribution >= 4 is 34.5 Å². The van der Waals surface area contributed by atoms with Crippen molar-refractivity contribution in [2.45, 2.75) is 6.92 Å². The van der Waals surface area contributed by atoms with Crippen molar-refractivity contribution < 1.29 is 18.8 Å². The van der Waals surface area contributed by atoms with Gasteiger partial charge in [-0.25, -0.2) is 4.39 Å². The maximum atomic E-state index is 12.7. The first kappa shape index (κ1) is 12.7. The molecule has 5 heteroatoms. The van der Waals surface area contributed by atoms with Crippen LogP contribution >= 0.6 is 11.8 Å². The standard InChI is InChI=1S/C13H9FO3S/c1-7(15)11-12(16)10(18-13(11)17)6-8-2-4-9(14)5-3-8/h2-6,11H,1H3. The van der Waals surface area contributed by atoms with E-state index in [-0.39, 0.29) is 10.7 Å². The highest BCUT2D eigenvalue weighted by atomic mass is 32.2. The van der Waals surface area contributed by atoms with Crippen molar-refractivity contribution in [3.8, 4) is 0 Å². The van der Waals surface area contributed by atoms with E-state index in [4.69, 9.17) is 0 Å². The molecule has 18 heavy (non-hydrogen) atoms. The van der Waals surface area contributed by atoms with Crippen LogP contribution < -0.4 is 0 Å². The number of rotatable bonds is 2. The summed E-state index contributed by atoms with van der Waals surface area (Å²) >= 11 is 0.767. The lowest BCUT2D eigenvalue weighted by Crippen LogP contribution is -2.22. The van der Waals surface area contributed by atoms with Gasteiger partial charge < -0.3 is 0 Å². The largest absolute Gasteiger partial charge is 0.299 e. The summed E-state index contributed by atoms with van der Waals surface area (Å²) in [5.41, 5.74) is 0.615. The third kappa shape index (κ3) is 2.41. The van der Waals surface area contributed by atoms with E-state index in [1.807, 2.05) is 0 Å². The fourth-order valence-corrected chi connectivity index (χ4v) is 2.65. The molecule has 1 fully saturated rings. The number of carbonyl (C=O) groups is 3. The molecular weight excluding hydrogens is 255 g/mol. The van der Waals surface area contributed by atoms with E-state index < -0.39 is 22.6 Å². The average Bonchev–Trinajstić information content (AvgIpc) is 2.57. The minimum Gasteiger partial charge on any atom is -0.299 e. The monoisotopic (exact) mass is 264 g/mol. The molecule has 0 aromatic heterocycles. The third-order valence-electron chi connectivity index (χ3n) is 2.53. The number of Topliss-reactive ketones (excluding diaryl/α,β-unsaturated/α-hetero) is 2. The number of carbonyl (C=O) groups excluding carboxylic acids is 3. The number of halogens is 1. The molecule has 0 bridgehead atoms. The van der Waals surface area contributed by atoms with Gasteiger partial charge in [0.2, 0.25) is 5.12 Å². The molecule has 0 N–H and O–H groups in total. The first-order valence-corrected chi connectivity index (χ1v) is 6.04. The highest BCUT2D eigenvalue weighted by Gasteiger charge is 2.41. The Morgan fingerprint density at radius 2 is 1.89 bits per heavy atom. The third-order valence-corrected chi connectivity index (χ3v) is 3.50. The molecule has 1 heterocycles. The molecule has 1 aromatic rings. The molecule has 1 saturated heterocycles. The molecule has 1 aliphatic rings. The van der Waals surface area contributed by atoms with Gasteiger partial charge in [-0.3, -0.25) is 14.4 Å². The van der Waals surface area contributed by atoms with Gasteiger partial charge in [0.05, 0.1) is 4.91 Å². The summed E-state index contributed by atoms with van der Waals surface area (Å²) in [6, 6.07) is 5.53. The average molecular weight is 264 g/mol. The highest BCUT2D eigenvalue weighted by molar-refractivity contribution is 8.18. The summed E-state index contributed by atoms with van der Waals surface area (Å²) in [6.45, 7) is 1.22. The second kappa shape index (κ2) is 4.86. The summed E-state index contributed by atoms with van der Waals surface area (Å²) < 4.78 is 12.7. The SMILES string of the molecule is CC(=O)C1C(=O)SC(=Cc2ccc(F)cc2)C1=O. The topological polar surface area (TPSA) is 51.2 Å². The molecule has 0 radical (unpaired) electrons. The van der Waals surface area contributed by atoms with E-state index in [0.717, 1.165) is 11.8 Å². The predicted octanol–water partition coefficient (Wildman–Crippen LogP) is 2.21. The fraction of sp³-hybridized carbons (Fsp3) is 0.154. The minimum absolute atomic E-state index is 0.229. The summed E-state index contributed by atoms with van der Waals surface area (Å²) in [4.78, 5) is 34.7. The Kier molecular flexibility index (Phi) is 3.43. The summed E-state index contributed by atoms with van der Waals surface area (Å²) in [6.07, 6.45) is 1.49. The zero-order valence-electron chi connectivity index (χ0n) is 9.48. The quantitative estimate of drug-likeness (QED) is 0.607. The lowest BCUT2D eigenvalue weighted by Gasteiger charge is -1.98. The number of thioether (sulfide) groups is 1. The second-order valence-electron chi connectivity index (χ2n) is 3.89. The Bertz CT molecular complexity index is 560. The van der Waals surface area contributed by atoms with E-state index in [0.29, 0.717) is 5.56 Å². The van der Waals surface area contributed by atoms with Crippen LogP contribution in [0.25, 0.3) is 6.08 Å². The molecule has 3 nitrogen and oxygen atoms in total. The lowest BCUT2D eigenvalue weighted by molar-refractivity contribution is -0.133. The Hall–Kier alpha value is -1.75. The van der Waals surface area contributed by atoms with Crippen LogP contribution in [0.3, 0.4) is 0 Å². The molecule has 0 spiro atoms. The van der Waals surface area contributed by atoms with Crippen molar-refractivity contribution in [1.29, 1.82) is 0 Å². The van der Waals surface area contributed by atoms with Gasteiger partial charge in [0.15, 0.2) is 11.7 Å². The Balaban J connectivity index is 2.30. The Morgan fingerprint density at radius 1 is 1.28 bits per heavy atom. The molecule has 1 aliphatic heterocycles. The van der Waals surface area contributed by atoms with Crippen molar-refractivity contribution in [3.05, 3.63) is 40.6 Å². The van der Waals surface area contributed by atoms with Gasteiger partial charge >= 0.3 is 0 Å². The molecule has 0 saturated carbocycles. The first-order chi connectivity index (χ1) is 8.49. The molecule has 92 valence electrons. The second-order valence-corrected chi connectivity index (χ2v) is 4.94. The van der Waals surface area contributed by atoms with E-state index >= 15 is 0 Å². The molecule has 1 aromatic carbocycles. The number of hydrogen-bond donors (Lipinski definition) is 0.